The normalized spacial score (nSPS) is 25.1. The Labute approximate surface area is 411 Å². The molecule has 5 heterocycles. The third-order valence-electron chi connectivity index (χ3n) is 14.1. The maximum absolute atomic E-state index is 15.1. The summed E-state index contributed by atoms with van der Waals surface area (Å²) in [6.45, 7) is 6.12. The van der Waals surface area contributed by atoms with Crippen LogP contribution in [0.15, 0.2) is 63.5 Å². The van der Waals surface area contributed by atoms with Gasteiger partial charge in [0.2, 0.25) is 11.8 Å². The monoisotopic (exact) mass is 1000 g/mol. The van der Waals surface area contributed by atoms with Gasteiger partial charge in [-0.25, -0.2) is 28.0 Å². The van der Waals surface area contributed by atoms with Crippen LogP contribution in [0.25, 0.3) is 22.3 Å². The number of likely N-dealkylation sites (N-methyl/N-ethyl adjacent to an activating group) is 1. The lowest BCUT2D eigenvalue weighted by atomic mass is 9.70. The SMILES string of the molecule is COc1ccc2c(O[C@@H]3C[C@H]4C(=O)N[C@]5(C(=O)O)CC5/C=C\CCCCC[C@H](NC(=O)N[C@H](CN(C)S(=O)(=O)c5cccs5)C5(C)CCCCC5)C(=O)N4C3)cc(-c3csc(NC(C)C)n3)nc2c1. The predicted molar refractivity (Wildman–Crippen MR) is 266 cm³/mol. The second-order valence-electron chi connectivity index (χ2n) is 19.5. The average molecular weight is 1010 g/mol. The highest BCUT2D eigenvalue weighted by molar-refractivity contribution is 7.91. The number of ether oxygens (including phenoxy) is 2. The number of fused-ring (bicyclic) bond motifs is 3. The largest absolute Gasteiger partial charge is 0.497 e. The lowest BCUT2D eigenvalue weighted by molar-refractivity contribution is -0.145. The lowest BCUT2D eigenvalue weighted by Gasteiger charge is -2.42. The van der Waals surface area contributed by atoms with Crippen molar-refractivity contribution in [3.8, 4) is 22.9 Å². The van der Waals surface area contributed by atoms with E-state index in [1.165, 1.54) is 27.6 Å². The molecule has 69 heavy (non-hydrogen) atoms. The zero-order valence-electron chi connectivity index (χ0n) is 39.9. The summed E-state index contributed by atoms with van der Waals surface area (Å²) in [6, 6.07) is 7.23. The van der Waals surface area contributed by atoms with Crippen molar-refractivity contribution in [1.29, 1.82) is 0 Å². The van der Waals surface area contributed by atoms with Crippen LogP contribution < -0.4 is 30.7 Å². The van der Waals surface area contributed by atoms with Gasteiger partial charge in [-0.3, -0.25) is 9.59 Å². The van der Waals surface area contributed by atoms with E-state index in [0.717, 1.165) is 61.4 Å². The summed E-state index contributed by atoms with van der Waals surface area (Å²) >= 11 is 2.58. The van der Waals surface area contributed by atoms with E-state index in [1.54, 1.807) is 42.8 Å². The van der Waals surface area contributed by atoms with Gasteiger partial charge < -0.3 is 40.7 Å². The van der Waals surface area contributed by atoms with Gasteiger partial charge in [0, 0.05) is 60.9 Å². The van der Waals surface area contributed by atoms with Gasteiger partial charge in [-0.1, -0.05) is 57.2 Å². The maximum Gasteiger partial charge on any atom is 0.330 e. The quantitative estimate of drug-likeness (QED) is 0.0780. The van der Waals surface area contributed by atoms with Crippen LogP contribution >= 0.6 is 22.7 Å². The van der Waals surface area contributed by atoms with Gasteiger partial charge in [0.05, 0.1) is 24.9 Å². The van der Waals surface area contributed by atoms with Crippen molar-refractivity contribution in [2.24, 2.45) is 11.3 Å². The highest BCUT2D eigenvalue weighted by Gasteiger charge is 2.61. The fourth-order valence-electron chi connectivity index (χ4n) is 9.99. The molecule has 2 saturated carbocycles. The molecule has 17 nitrogen and oxygen atoms in total. The molecule has 4 aromatic rings. The summed E-state index contributed by atoms with van der Waals surface area (Å²) in [5, 5.41) is 27.7. The third-order valence-corrected chi connectivity index (χ3v) is 18.1. The summed E-state index contributed by atoms with van der Waals surface area (Å²) in [4.78, 5) is 68.0. The van der Waals surface area contributed by atoms with Crippen LogP contribution in [0.3, 0.4) is 0 Å². The number of carbonyl (C=O) groups is 4. The number of carbonyl (C=O) groups excluding carboxylic acids is 3. The molecule has 20 heteroatoms. The highest BCUT2D eigenvalue weighted by Crippen LogP contribution is 2.46. The fraction of sp³-hybridized carbons (Fsp3) is 0.551. The van der Waals surface area contributed by atoms with Crippen LogP contribution in [-0.4, -0.2) is 120 Å². The van der Waals surface area contributed by atoms with Crippen LogP contribution in [0.1, 0.15) is 97.8 Å². The molecule has 372 valence electrons. The minimum atomic E-state index is -3.83. The number of nitrogens with one attached hydrogen (secondary N) is 4. The number of benzene rings is 1. The van der Waals surface area contributed by atoms with Crippen LogP contribution in [-0.2, 0) is 24.4 Å². The van der Waals surface area contributed by atoms with Gasteiger partial charge in [-0.2, -0.15) is 4.31 Å². The Kier molecular flexibility index (Phi) is 15.2. The number of urea groups is 1. The first kappa shape index (κ1) is 50.1. The van der Waals surface area contributed by atoms with Crippen molar-refractivity contribution < 1.29 is 42.2 Å². The van der Waals surface area contributed by atoms with E-state index in [1.807, 2.05) is 37.4 Å². The zero-order chi connectivity index (χ0) is 49.1. The van der Waals surface area contributed by atoms with Gasteiger partial charge in [0.25, 0.3) is 10.0 Å². The average Bonchev–Trinajstić information content (AvgIpc) is 3.79. The number of aliphatic carboxylic acids is 1. The molecule has 1 aromatic carbocycles. The predicted octanol–water partition coefficient (Wildman–Crippen LogP) is 7.40. The second kappa shape index (κ2) is 21.0. The number of sulfonamides is 1. The van der Waals surface area contributed by atoms with Gasteiger partial charge in [-0.15, -0.1) is 22.7 Å². The Morgan fingerprint density at radius 1 is 1.04 bits per heavy atom. The Bertz CT molecular complexity index is 2650. The standard InChI is InChI=1S/C49H64N8O9S3/c1-30(2)50-47-53-38(29-68-47)37-25-40(34-19-18-32(65-5)23-36(34)51-37)66-33-24-39-43(58)55-49(45(60)61)26-31(49)15-10-7-6-8-11-16-35(44(59)57(39)27-33)52-46(62)54-41(48(3)20-12-9-13-21-48)28-56(4)69(63,64)42-17-14-22-67-42/h10,14-15,17-19,22-23,25,29-31,33,35,39,41H,6-9,11-13,16,20-21,24,26-28H2,1-5H3,(H,50,53)(H,55,58)(H,60,61)(H2,52,54,62)/b15-10-/t31?,33-,35+,39+,41-,49-/m1/s1. The number of pyridine rings is 1. The Morgan fingerprint density at radius 2 is 1.83 bits per heavy atom. The molecule has 0 spiro atoms. The van der Waals surface area contributed by atoms with E-state index < -0.39 is 74.9 Å². The number of thiazole rings is 1. The van der Waals surface area contributed by atoms with Crippen molar-refractivity contribution in [2.45, 2.75) is 138 Å². The third kappa shape index (κ3) is 11.2. The number of carboxylic acids is 1. The summed E-state index contributed by atoms with van der Waals surface area (Å²) in [6.07, 6.45) is 10.9. The van der Waals surface area contributed by atoms with Gasteiger partial charge in [-0.05, 0) is 81.4 Å². The molecule has 3 aromatic heterocycles. The first-order valence-corrected chi connectivity index (χ1v) is 27.2. The molecular weight excluding hydrogens is 941 g/mol. The van der Waals surface area contributed by atoms with Crippen molar-refractivity contribution in [2.75, 3.05) is 32.6 Å². The summed E-state index contributed by atoms with van der Waals surface area (Å²) in [7, 11) is -0.740. The molecular formula is C49H64N8O9S3. The number of aromatic nitrogens is 2. The molecule has 3 fully saturated rings. The topological polar surface area (TPSA) is 221 Å². The Hall–Kier alpha value is -5.31. The van der Waals surface area contributed by atoms with Crippen molar-refractivity contribution >= 4 is 72.5 Å². The first-order chi connectivity index (χ1) is 33.0. The summed E-state index contributed by atoms with van der Waals surface area (Å²) in [5.41, 5.74) is -0.188. The molecule has 5 N–H and O–H groups in total. The highest BCUT2D eigenvalue weighted by atomic mass is 32.2. The minimum Gasteiger partial charge on any atom is -0.497 e. The number of carboxylic acid groups (broad SMARTS) is 1. The number of anilines is 1. The number of hydrogen-bond donors (Lipinski definition) is 5. The molecule has 6 atom stereocenters. The molecule has 2 aliphatic carbocycles. The van der Waals surface area contributed by atoms with Crippen LogP contribution in [0.5, 0.6) is 11.5 Å². The molecule has 0 radical (unpaired) electrons. The van der Waals surface area contributed by atoms with E-state index in [-0.39, 0.29) is 42.6 Å². The van der Waals surface area contributed by atoms with Crippen molar-refractivity contribution in [1.82, 2.24) is 35.1 Å². The number of thiophene rings is 1. The Balaban J connectivity index is 1.09. The molecule has 0 bridgehead atoms. The van der Waals surface area contributed by atoms with E-state index in [0.29, 0.717) is 46.6 Å². The maximum atomic E-state index is 15.1. The number of hydrogen-bond acceptors (Lipinski definition) is 13. The van der Waals surface area contributed by atoms with Crippen LogP contribution in [0, 0.1) is 11.3 Å². The number of nitrogens with zero attached hydrogens (tertiary/aromatic N) is 4. The molecule has 1 saturated heterocycles. The fourth-order valence-corrected chi connectivity index (χ4v) is 13.2. The van der Waals surface area contributed by atoms with E-state index >= 15 is 4.79 Å². The first-order valence-electron chi connectivity index (χ1n) is 24.0. The van der Waals surface area contributed by atoms with E-state index in [4.69, 9.17) is 19.4 Å². The number of amides is 4. The van der Waals surface area contributed by atoms with Crippen molar-refractivity contribution in [3.05, 3.63) is 59.3 Å². The van der Waals surface area contributed by atoms with Gasteiger partial charge in [0.15, 0.2) is 5.13 Å². The molecule has 8 rings (SSSR count). The zero-order valence-corrected chi connectivity index (χ0v) is 42.3. The number of allylic oxidation sites excluding steroid dienone is 1. The van der Waals surface area contributed by atoms with Crippen LogP contribution in [0.4, 0.5) is 9.93 Å². The molecule has 4 amide bonds. The van der Waals surface area contributed by atoms with E-state index in [9.17, 15) is 27.9 Å². The van der Waals surface area contributed by atoms with Gasteiger partial charge >= 0.3 is 12.0 Å². The number of methoxy groups -OCH3 is 1. The lowest BCUT2D eigenvalue weighted by Crippen LogP contribution is -2.60. The van der Waals surface area contributed by atoms with Crippen LogP contribution in [0.2, 0.25) is 0 Å². The van der Waals surface area contributed by atoms with E-state index in [2.05, 4.69) is 28.2 Å². The summed E-state index contributed by atoms with van der Waals surface area (Å²) in [5.74, 6) is -1.64. The summed E-state index contributed by atoms with van der Waals surface area (Å²) < 4.78 is 41.1. The molecule has 2 aliphatic heterocycles. The minimum absolute atomic E-state index is 0.0205. The molecule has 4 aliphatic rings. The van der Waals surface area contributed by atoms with Crippen molar-refractivity contribution in [3.63, 3.8) is 0 Å². The number of rotatable bonds is 14. The second-order valence-corrected chi connectivity index (χ2v) is 23.6. The molecule has 1 unspecified atom stereocenters. The smallest absolute Gasteiger partial charge is 0.330 e. The Morgan fingerprint density at radius 3 is 2.55 bits per heavy atom. The van der Waals surface area contributed by atoms with Gasteiger partial charge in [0.1, 0.15) is 45.1 Å².